The van der Waals surface area contributed by atoms with Crippen molar-refractivity contribution in [3.8, 4) is 0 Å². The van der Waals surface area contributed by atoms with Crippen molar-refractivity contribution in [2.45, 2.75) is 32.9 Å². The third kappa shape index (κ3) is 3.82. The predicted octanol–water partition coefficient (Wildman–Crippen LogP) is 1.19. The van der Waals surface area contributed by atoms with E-state index in [4.69, 9.17) is 11.5 Å². The van der Waals surface area contributed by atoms with Crippen LogP contribution in [0.5, 0.6) is 0 Å². The second kappa shape index (κ2) is 6.52. The van der Waals surface area contributed by atoms with Gasteiger partial charge in [-0.3, -0.25) is 9.69 Å². The summed E-state index contributed by atoms with van der Waals surface area (Å²) in [6, 6.07) is 8.44. The molecular weight excluding hydrogens is 226 g/mol. The number of carbonyl (C=O) groups excluding carboxylic acids is 1. The Morgan fingerprint density at radius 1 is 1.39 bits per heavy atom. The zero-order chi connectivity index (χ0) is 13.7. The summed E-state index contributed by atoms with van der Waals surface area (Å²) in [5.41, 5.74) is 13.5. The zero-order valence-electron chi connectivity index (χ0n) is 11.4. The van der Waals surface area contributed by atoms with E-state index in [1.165, 1.54) is 5.56 Å². The lowest BCUT2D eigenvalue weighted by atomic mass is 10.0. The highest BCUT2D eigenvalue weighted by Crippen LogP contribution is 2.22. The maximum absolute atomic E-state index is 11.2. The van der Waals surface area contributed by atoms with Crippen molar-refractivity contribution in [3.63, 3.8) is 0 Å². The lowest BCUT2D eigenvalue weighted by molar-refractivity contribution is -0.120. The summed E-state index contributed by atoms with van der Waals surface area (Å²) in [6.07, 6.45) is 0. The second-order valence-electron chi connectivity index (χ2n) is 4.90. The lowest BCUT2D eigenvalue weighted by Gasteiger charge is -2.33. The van der Waals surface area contributed by atoms with Crippen molar-refractivity contribution in [2.75, 3.05) is 13.1 Å². The van der Waals surface area contributed by atoms with Crippen LogP contribution in [0.4, 0.5) is 0 Å². The molecule has 4 N–H and O–H groups in total. The van der Waals surface area contributed by atoms with Crippen LogP contribution in [0.25, 0.3) is 0 Å². The largest absolute Gasteiger partial charge is 0.369 e. The molecule has 0 bridgehead atoms. The van der Waals surface area contributed by atoms with Gasteiger partial charge in [-0.15, -0.1) is 0 Å². The first-order valence-corrected chi connectivity index (χ1v) is 6.26. The molecule has 1 aromatic rings. The third-order valence-corrected chi connectivity index (χ3v) is 3.05. The van der Waals surface area contributed by atoms with E-state index < -0.39 is 0 Å². The molecule has 1 atom stereocenters. The van der Waals surface area contributed by atoms with Gasteiger partial charge in [0.25, 0.3) is 0 Å². The van der Waals surface area contributed by atoms with Gasteiger partial charge in [0.2, 0.25) is 5.91 Å². The minimum Gasteiger partial charge on any atom is -0.369 e. The lowest BCUT2D eigenvalue weighted by Crippen LogP contribution is -2.43. The maximum Gasteiger partial charge on any atom is 0.231 e. The van der Waals surface area contributed by atoms with Crippen LogP contribution in [0.3, 0.4) is 0 Å². The fourth-order valence-electron chi connectivity index (χ4n) is 2.17. The van der Waals surface area contributed by atoms with Crippen LogP contribution in [0.15, 0.2) is 24.3 Å². The normalized spacial score (nSPS) is 13.0. The molecule has 0 aromatic heterocycles. The van der Waals surface area contributed by atoms with Gasteiger partial charge >= 0.3 is 0 Å². The maximum atomic E-state index is 11.2. The monoisotopic (exact) mass is 249 g/mol. The summed E-state index contributed by atoms with van der Waals surface area (Å²) in [5, 5.41) is 0. The highest BCUT2D eigenvalue weighted by Gasteiger charge is 2.23. The van der Waals surface area contributed by atoms with Crippen LogP contribution >= 0.6 is 0 Å². The van der Waals surface area contributed by atoms with Crippen molar-refractivity contribution in [3.05, 3.63) is 35.4 Å². The molecular formula is C14H23N3O. The molecule has 0 radical (unpaired) electrons. The van der Waals surface area contributed by atoms with Crippen LogP contribution in [0, 0.1) is 6.92 Å². The van der Waals surface area contributed by atoms with Gasteiger partial charge in [-0.05, 0) is 26.3 Å². The molecule has 0 aliphatic carbocycles. The Bertz CT molecular complexity index is 404. The van der Waals surface area contributed by atoms with Gasteiger partial charge in [-0.2, -0.15) is 0 Å². The van der Waals surface area contributed by atoms with Crippen LogP contribution in [0.1, 0.15) is 31.0 Å². The van der Waals surface area contributed by atoms with E-state index in [9.17, 15) is 4.79 Å². The molecule has 4 nitrogen and oxygen atoms in total. The van der Waals surface area contributed by atoms with E-state index in [0.29, 0.717) is 6.54 Å². The average Bonchev–Trinajstić information content (AvgIpc) is 2.28. The van der Waals surface area contributed by atoms with E-state index in [1.807, 2.05) is 43.9 Å². The van der Waals surface area contributed by atoms with E-state index >= 15 is 0 Å². The van der Waals surface area contributed by atoms with Crippen LogP contribution in [-0.4, -0.2) is 29.9 Å². The van der Waals surface area contributed by atoms with Crippen molar-refractivity contribution in [1.29, 1.82) is 0 Å². The SMILES string of the molecule is Cc1cccc(C(CN)N(CC(N)=O)C(C)C)c1. The summed E-state index contributed by atoms with van der Waals surface area (Å²) in [6.45, 7) is 6.83. The number of carbonyl (C=O) groups is 1. The van der Waals surface area contributed by atoms with Gasteiger partial charge < -0.3 is 11.5 Å². The van der Waals surface area contributed by atoms with Gasteiger partial charge in [0.15, 0.2) is 0 Å². The highest BCUT2D eigenvalue weighted by atomic mass is 16.1. The fourth-order valence-corrected chi connectivity index (χ4v) is 2.17. The Morgan fingerprint density at radius 2 is 2.06 bits per heavy atom. The molecule has 1 unspecified atom stereocenters. The topological polar surface area (TPSA) is 72.3 Å². The first kappa shape index (κ1) is 14.7. The summed E-state index contributed by atoms with van der Waals surface area (Å²) in [4.78, 5) is 13.2. The Hall–Kier alpha value is -1.39. The number of benzene rings is 1. The molecule has 1 amide bonds. The van der Waals surface area contributed by atoms with E-state index in [0.717, 1.165) is 5.56 Å². The molecule has 18 heavy (non-hydrogen) atoms. The second-order valence-corrected chi connectivity index (χ2v) is 4.90. The highest BCUT2D eigenvalue weighted by molar-refractivity contribution is 5.76. The number of amides is 1. The van der Waals surface area contributed by atoms with Crippen molar-refractivity contribution >= 4 is 5.91 Å². The van der Waals surface area contributed by atoms with Crippen molar-refractivity contribution in [2.24, 2.45) is 11.5 Å². The Labute approximate surface area is 109 Å². The Balaban J connectivity index is 3.01. The molecule has 4 heteroatoms. The minimum absolute atomic E-state index is 0.0254. The van der Waals surface area contributed by atoms with Gasteiger partial charge in [-0.25, -0.2) is 0 Å². The van der Waals surface area contributed by atoms with Crippen LogP contribution in [0.2, 0.25) is 0 Å². The minimum atomic E-state index is -0.324. The molecule has 100 valence electrons. The van der Waals surface area contributed by atoms with E-state index in [2.05, 4.69) is 6.07 Å². The summed E-state index contributed by atoms with van der Waals surface area (Å²) in [5.74, 6) is -0.324. The average molecular weight is 249 g/mol. The number of hydrogen-bond donors (Lipinski definition) is 2. The molecule has 1 aromatic carbocycles. The number of hydrogen-bond acceptors (Lipinski definition) is 3. The summed E-state index contributed by atoms with van der Waals surface area (Å²) in [7, 11) is 0. The van der Waals surface area contributed by atoms with Gasteiger partial charge in [-0.1, -0.05) is 29.8 Å². The summed E-state index contributed by atoms with van der Waals surface area (Å²) < 4.78 is 0. The Kier molecular flexibility index (Phi) is 5.31. The molecule has 0 spiro atoms. The predicted molar refractivity (Wildman–Crippen MR) is 74.0 cm³/mol. The molecule has 0 aliphatic heterocycles. The number of nitrogens with two attached hydrogens (primary N) is 2. The molecule has 0 fully saturated rings. The van der Waals surface area contributed by atoms with Crippen LogP contribution < -0.4 is 11.5 Å². The first-order chi connectivity index (χ1) is 8.45. The van der Waals surface area contributed by atoms with E-state index in [-0.39, 0.29) is 24.5 Å². The number of rotatable bonds is 6. The van der Waals surface area contributed by atoms with Crippen molar-refractivity contribution in [1.82, 2.24) is 4.90 Å². The molecule has 1 rings (SSSR count). The third-order valence-electron chi connectivity index (χ3n) is 3.05. The quantitative estimate of drug-likeness (QED) is 0.795. The fraction of sp³-hybridized carbons (Fsp3) is 0.500. The smallest absolute Gasteiger partial charge is 0.231 e. The number of aryl methyl sites for hydroxylation is 1. The van der Waals surface area contributed by atoms with Gasteiger partial charge in [0.1, 0.15) is 0 Å². The molecule has 0 heterocycles. The number of primary amides is 1. The van der Waals surface area contributed by atoms with E-state index in [1.54, 1.807) is 0 Å². The first-order valence-electron chi connectivity index (χ1n) is 6.26. The summed E-state index contributed by atoms with van der Waals surface area (Å²) >= 11 is 0. The van der Waals surface area contributed by atoms with Gasteiger partial charge in [0, 0.05) is 18.6 Å². The standard InChI is InChI=1S/C14H23N3O/c1-10(2)17(9-14(16)18)13(8-15)12-6-4-5-11(3)7-12/h4-7,10,13H,8-9,15H2,1-3H3,(H2,16,18). The van der Waals surface area contributed by atoms with Gasteiger partial charge in [0.05, 0.1) is 6.54 Å². The van der Waals surface area contributed by atoms with Crippen molar-refractivity contribution < 1.29 is 4.79 Å². The van der Waals surface area contributed by atoms with Crippen LogP contribution in [-0.2, 0) is 4.79 Å². The number of nitrogens with zero attached hydrogens (tertiary/aromatic N) is 1. The molecule has 0 saturated heterocycles. The Morgan fingerprint density at radius 3 is 2.50 bits per heavy atom. The molecule has 0 aliphatic rings. The zero-order valence-corrected chi connectivity index (χ0v) is 11.4. The molecule has 0 saturated carbocycles.